The van der Waals surface area contributed by atoms with Crippen LogP contribution in [0.25, 0.3) is 0 Å². The summed E-state index contributed by atoms with van der Waals surface area (Å²) in [5, 5.41) is 21.7. The zero-order chi connectivity index (χ0) is 10.8. The molecule has 3 atom stereocenters. The van der Waals surface area contributed by atoms with Crippen molar-refractivity contribution < 1.29 is 18.6 Å². The second-order valence-corrected chi connectivity index (χ2v) is 5.43. The molecule has 0 aromatic rings. The van der Waals surface area contributed by atoms with Crippen LogP contribution in [0.5, 0.6) is 0 Å². The van der Waals surface area contributed by atoms with Crippen LogP contribution in [0.3, 0.4) is 0 Å². The first kappa shape index (κ1) is 11.9. The Balaban J connectivity index is 2.44. The van der Waals surface area contributed by atoms with Gasteiger partial charge in [-0.2, -0.15) is 0 Å². The molecule has 0 aliphatic carbocycles. The SMILES string of the molecule is CS(=O)(=O)NC[C@H]1CNC[C@H](O)[C@@H]1O. The molecule has 1 heterocycles. The van der Waals surface area contributed by atoms with Crippen molar-refractivity contribution in [3.63, 3.8) is 0 Å². The van der Waals surface area contributed by atoms with E-state index in [1.165, 1.54) is 0 Å². The van der Waals surface area contributed by atoms with E-state index in [0.717, 1.165) is 6.26 Å². The van der Waals surface area contributed by atoms with Crippen molar-refractivity contribution in [2.24, 2.45) is 5.92 Å². The molecular formula is C7H16N2O4S. The fourth-order valence-corrected chi connectivity index (χ4v) is 1.94. The molecule has 1 aliphatic heterocycles. The quantitative estimate of drug-likeness (QED) is 0.424. The first-order valence-corrected chi connectivity index (χ1v) is 6.31. The van der Waals surface area contributed by atoms with Gasteiger partial charge in [0.05, 0.1) is 18.5 Å². The van der Waals surface area contributed by atoms with Crippen molar-refractivity contribution in [1.29, 1.82) is 0 Å². The molecule has 0 saturated carbocycles. The van der Waals surface area contributed by atoms with Gasteiger partial charge in [-0.3, -0.25) is 0 Å². The Bertz CT molecular complexity index is 279. The molecule has 0 unspecified atom stereocenters. The lowest BCUT2D eigenvalue weighted by Crippen LogP contribution is -2.53. The summed E-state index contributed by atoms with van der Waals surface area (Å²) in [6.45, 7) is 0.987. The molecule has 0 spiro atoms. The zero-order valence-electron chi connectivity index (χ0n) is 7.97. The van der Waals surface area contributed by atoms with Crippen LogP contribution in [0, 0.1) is 5.92 Å². The van der Waals surface area contributed by atoms with Gasteiger partial charge >= 0.3 is 0 Å². The number of piperidine rings is 1. The predicted octanol–water partition coefficient (Wildman–Crippen LogP) is -2.52. The van der Waals surface area contributed by atoms with E-state index in [1.54, 1.807) is 0 Å². The highest BCUT2D eigenvalue weighted by Crippen LogP contribution is 2.10. The molecule has 1 fully saturated rings. The summed E-state index contributed by atoms with van der Waals surface area (Å²) < 4.78 is 23.9. The topological polar surface area (TPSA) is 98.7 Å². The summed E-state index contributed by atoms with van der Waals surface area (Å²) in [7, 11) is -3.23. The normalized spacial score (nSPS) is 34.4. The fraction of sp³-hybridized carbons (Fsp3) is 1.00. The van der Waals surface area contributed by atoms with Gasteiger partial charge in [0.1, 0.15) is 0 Å². The minimum Gasteiger partial charge on any atom is -0.390 e. The number of aliphatic hydroxyl groups excluding tert-OH is 2. The van der Waals surface area contributed by atoms with Crippen molar-refractivity contribution in [3.8, 4) is 0 Å². The highest BCUT2D eigenvalue weighted by Gasteiger charge is 2.30. The van der Waals surface area contributed by atoms with Crippen LogP contribution in [-0.4, -0.2) is 56.7 Å². The van der Waals surface area contributed by atoms with Gasteiger partial charge < -0.3 is 15.5 Å². The van der Waals surface area contributed by atoms with Gasteiger partial charge in [0.25, 0.3) is 0 Å². The number of hydrogen-bond donors (Lipinski definition) is 4. The van der Waals surface area contributed by atoms with Crippen molar-refractivity contribution >= 4 is 10.0 Å². The molecule has 14 heavy (non-hydrogen) atoms. The maximum absolute atomic E-state index is 10.8. The monoisotopic (exact) mass is 224 g/mol. The van der Waals surface area contributed by atoms with Crippen LogP contribution >= 0.6 is 0 Å². The van der Waals surface area contributed by atoms with Crippen LogP contribution in [0.2, 0.25) is 0 Å². The number of rotatable bonds is 3. The second kappa shape index (κ2) is 4.54. The van der Waals surface area contributed by atoms with Crippen molar-refractivity contribution in [2.75, 3.05) is 25.9 Å². The van der Waals surface area contributed by atoms with Gasteiger partial charge in [0.15, 0.2) is 0 Å². The van der Waals surface area contributed by atoms with Gasteiger partial charge in [0, 0.05) is 25.6 Å². The molecule has 84 valence electrons. The van der Waals surface area contributed by atoms with Crippen molar-refractivity contribution in [2.45, 2.75) is 12.2 Å². The molecule has 1 aliphatic rings. The van der Waals surface area contributed by atoms with Gasteiger partial charge in [0.2, 0.25) is 10.0 Å². The molecule has 7 heteroatoms. The molecule has 4 N–H and O–H groups in total. The zero-order valence-corrected chi connectivity index (χ0v) is 8.79. The summed E-state index contributed by atoms with van der Waals surface area (Å²) in [6.07, 6.45) is -0.632. The fourth-order valence-electron chi connectivity index (χ4n) is 1.42. The third-order valence-electron chi connectivity index (χ3n) is 2.24. The largest absolute Gasteiger partial charge is 0.390 e. The van der Waals surface area contributed by atoms with Crippen LogP contribution in [-0.2, 0) is 10.0 Å². The van der Waals surface area contributed by atoms with Crippen LogP contribution in [0.4, 0.5) is 0 Å². The number of nitrogens with one attached hydrogen (secondary N) is 2. The molecule has 6 nitrogen and oxygen atoms in total. The molecule has 0 amide bonds. The maximum Gasteiger partial charge on any atom is 0.208 e. The lowest BCUT2D eigenvalue weighted by atomic mass is 9.94. The molecule has 0 bridgehead atoms. The Morgan fingerprint density at radius 3 is 2.64 bits per heavy atom. The molecular weight excluding hydrogens is 208 g/mol. The van der Waals surface area contributed by atoms with Gasteiger partial charge in [-0.15, -0.1) is 0 Å². The minimum atomic E-state index is -3.23. The Hall–Kier alpha value is -0.210. The van der Waals surface area contributed by atoms with E-state index >= 15 is 0 Å². The smallest absolute Gasteiger partial charge is 0.208 e. The summed E-state index contributed by atoms with van der Waals surface area (Å²) in [4.78, 5) is 0. The molecule has 0 aromatic carbocycles. The minimum absolute atomic E-state index is 0.143. The van der Waals surface area contributed by atoms with E-state index in [0.29, 0.717) is 13.1 Å². The summed E-state index contributed by atoms with van der Waals surface area (Å²) >= 11 is 0. The molecule has 1 saturated heterocycles. The summed E-state index contributed by atoms with van der Waals surface area (Å²) in [5.41, 5.74) is 0. The highest BCUT2D eigenvalue weighted by atomic mass is 32.2. The van der Waals surface area contributed by atoms with E-state index in [-0.39, 0.29) is 12.5 Å². The van der Waals surface area contributed by atoms with Crippen LogP contribution in [0.15, 0.2) is 0 Å². The maximum atomic E-state index is 10.8. The third-order valence-corrected chi connectivity index (χ3v) is 2.94. The molecule has 0 aromatic heterocycles. The van der Waals surface area contributed by atoms with Crippen LogP contribution in [0.1, 0.15) is 0 Å². The number of hydrogen-bond acceptors (Lipinski definition) is 5. The second-order valence-electron chi connectivity index (χ2n) is 3.60. The van der Waals surface area contributed by atoms with E-state index in [9.17, 15) is 18.6 Å². The van der Waals surface area contributed by atoms with Crippen molar-refractivity contribution in [1.82, 2.24) is 10.0 Å². The Morgan fingerprint density at radius 1 is 1.43 bits per heavy atom. The van der Waals surface area contributed by atoms with Crippen LogP contribution < -0.4 is 10.0 Å². The Kier molecular flexibility index (Phi) is 3.85. The lowest BCUT2D eigenvalue weighted by Gasteiger charge is -2.32. The predicted molar refractivity (Wildman–Crippen MR) is 51.2 cm³/mol. The lowest BCUT2D eigenvalue weighted by molar-refractivity contribution is -0.0329. The van der Waals surface area contributed by atoms with E-state index in [2.05, 4.69) is 10.0 Å². The average Bonchev–Trinajstić information content (AvgIpc) is 2.06. The van der Waals surface area contributed by atoms with Crippen molar-refractivity contribution in [3.05, 3.63) is 0 Å². The van der Waals surface area contributed by atoms with Gasteiger partial charge in [-0.1, -0.05) is 0 Å². The van der Waals surface area contributed by atoms with E-state index in [4.69, 9.17) is 0 Å². The third kappa shape index (κ3) is 3.50. The van der Waals surface area contributed by atoms with Gasteiger partial charge in [-0.25, -0.2) is 13.1 Å². The molecule has 1 rings (SSSR count). The summed E-state index contributed by atoms with van der Waals surface area (Å²) in [6, 6.07) is 0. The van der Waals surface area contributed by atoms with E-state index in [1.807, 2.05) is 0 Å². The number of aliphatic hydroxyl groups is 2. The molecule has 0 radical (unpaired) electrons. The van der Waals surface area contributed by atoms with E-state index < -0.39 is 22.2 Å². The first-order valence-electron chi connectivity index (χ1n) is 4.41. The number of sulfonamides is 1. The van der Waals surface area contributed by atoms with Gasteiger partial charge in [-0.05, 0) is 0 Å². The number of β-amino-alcohol motifs (C(OH)–C–C–N with tert-alkyl or cyclic N) is 1. The average molecular weight is 224 g/mol. The Labute approximate surface area is 83.4 Å². The Morgan fingerprint density at radius 2 is 2.07 bits per heavy atom. The summed E-state index contributed by atoms with van der Waals surface area (Å²) in [5.74, 6) is -0.284. The first-order chi connectivity index (χ1) is 6.40. The standard InChI is InChI=1S/C7H16N2O4S/c1-14(12,13)9-3-5-2-8-4-6(10)7(5)11/h5-11H,2-4H2,1H3/t5-,6+,7-/m1/s1. The highest BCUT2D eigenvalue weighted by molar-refractivity contribution is 7.88.